The number of aliphatic imine (C=N–C) groups is 1. The van der Waals surface area contributed by atoms with Crippen molar-refractivity contribution in [2.75, 3.05) is 12.0 Å². The summed E-state index contributed by atoms with van der Waals surface area (Å²) in [6, 6.07) is 19.9. The van der Waals surface area contributed by atoms with Crippen molar-refractivity contribution < 1.29 is 4.42 Å². The quantitative estimate of drug-likeness (QED) is 0.300. The number of benzene rings is 3. The van der Waals surface area contributed by atoms with Crippen molar-refractivity contribution in [2.24, 2.45) is 4.99 Å². The van der Waals surface area contributed by atoms with Crippen molar-refractivity contribution in [3.8, 4) is 0 Å². The van der Waals surface area contributed by atoms with E-state index in [1.54, 1.807) is 11.3 Å². The van der Waals surface area contributed by atoms with E-state index in [4.69, 9.17) is 9.41 Å². The first-order valence-electron chi connectivity index (χ1n) is 10.7. The summed E-state index contributed by atoms with van der Waals surface area (Å²) in [5, 5.41) is 8.21. The first kappa shape index (κ1) is 18.6. The molecule has 2 aromatic heterocycles. The minimum absolute atomic E-state index is 0.0325. The molecule has 0 saturated heterocycles. The largest absolute Gasteiger partial charge is 0.439 e. The average molecular weight is 425 g/mol. The molecule has 0 saturated carbocycles. The van der Waals surface area contributed by atoms with E-state index in [9.17, 15) is 0 Å². The van der Waals surface area contributed by atoms with Crippen LogP contribution < -0.4 is 5.32 Å². The highest BCUT2D eigenvalue weighted by Gasteiger charge is 2.26. The molecule has 1 N–H and O–H groups in total. The Morgan fingerprint density at radius 2 is 1.81 bits per heavy atom. The van der Waals surface area contributed by atoms with Crippen LogP contribution in [0.5, 0.6) is 0 Å². The highest BCUT2D eigenvalue weighted by molar-refractivity contribution is 7.19. The fourth-order valence-electron chi connectivity index (χ4n) is 4.73. The van der Waals surface area contributed by atoms with Crippen LogP contribution in [0.15, 0.2) is 64.0 Å². The Labute approximate surface area is 185 Å². The summed E-state index contributed by atoms with van der Waals surface area (Å²) in [4.78, 5) is 6.22. The fourth-order valence-corrected chi connectivity index (χ4v) is 5.65. The van der Waals surface area contributed by atoms with Gasteiger partial charge < -0.3 is 9.73 Å². The van der Waals surface area contributed by atoms with E-state index in [0.717, 1.165) is 33.7 Å². The second-order valence-corrected chi connectivity index (χ2v) is 10.6. The Morgan fingerprint density at radius 1 is 0.968 bits per heavy atom. The summed E-state index contributed by atoms with van der Waals surface area (Å²) in [5.74, 6) is 0.821. The molecule has 0 atom stereocenters. The van der Waals surface area contributed by atoms with Crippen molar-refractivity contribution >= 4 is 54.8 Å². The van der Waals surface area contributed by atoms with E-state index in [1.807, 2.05) is 0 Å². The summed E-state index contributed by atoms with van der Waals surface area (Å²) >= 11 is 1.81. The average Bonchev–Trinajstić information content (AvgIpc) is 3.31. The standard InChI is InChI=1S/C27H24N2OS/c1-15-11-20-22(31-15)10-9-19-23-24(28-14-29-26(23)30-25(19)20)17-12-16-7-5-6-8-18(16)21(13-17)27(2,3)4/h5-13,29H,14H2,1-4H3. The van der Waals surface area contributed by atoms with Crippen LogP contribution in [-0.2, 0) is 5.41 Å². The molecule has 31 heavy (non-hydrogen) atoms. The Morgan fingerprint density at radius 3 is 2.65 bits per heavy atom. The van der Waals surface area contributed by atoms with Gasteiger partial charge in [-0.15, -0.1) is 11.3 Å². The smallest absolute Gasteiger partial charge is 0.205 e. The molecule has 4 heteroatoms. The van der Waals surface area contributed by atoms with Gasteiger partial charge in [-0.2, -0.15) is 0 Å². The molecular weight excluding hydrogens is 400 g/mol. The Balaban J connectivity index is 1.63. The zero-order valence-electron chi connectivity index (χ0n) is 18.2. The lowest BCUT2D eigenvalue weighted by molar-refractivity contribution is 0.596. The van der Waals surface area contributed by atoms with Crippen molar-refractivity contribution in [3.63, 3.8) is 0 Å². The second-order valence-electron chi connectivity index (χ2n) is 9.35. The minimum atomic E-state index is 0.0325. The number of hydrogen-bond donors (Lipinski definition) is 1. The predicted molar refractivity (Wildman–Crippen MR) is 133 cm³/mol. The summed E-state index contributed by atoms with van der Waals surface area (Å²) in [7, 11) is 0. The molecular formula is C27H24N2OS. The number of anilines is 1. The van der Waals surface area contributed by atoms with E-state index in [2.05, 4.69) is 87.6 Å². The molecule has 0 spiro atoms. The molecule has 1 aliphatic rings. The third kappa shape index (κ3) is 2.82. The van der Waals surface area contributed by atoms with Gasteiger partial charge in [-0.3, -0.25) is 4.99 Å². The van der Waals surface area contributed by atoms with Gasteiger partial charge in [0.15, 0.2) is 0 Å². The van der Waals surface area contributed by atoms with Gasteiger partial charge >= 0.3 is 0 Å². The number of thiophene rings is 1. The van der Waals surface area contributed by atoms with E-state index in [1.165, 1.54) is 31.3 Å². The minimum Gasteiger partial charge on any atom is -0.439 e. The summed E-state index contributed by atoms with van der Waals surface area (Å²) in [6.45, 7) is 9.49. The summed E-state index contributed by atoms with van der Waals surface area (Å²) in [6.07, 6.45) is 0. The lowest BCUT2D eigenvalue weighted by Crippen LogP contribution is -2.17. The van der Waals surface area contributed by atoms with E-state index in [0.29, 0.717) is 6.67 Å². The molecule has 0 amide bonds. The lowest BCUT2D eigenvalue weighted by Gasteiger charge is -2.24. The van der Waals surface area contributed by atoms with Gasteiger partial charge in [-0.05, 0) is 59.0 Å². The summed E-state index contributed by atoms with van der Waals surface area (Å²) in [5.41, 5.74) is 5.55. The highest BCUT2D eigenvalue weighted by atomic mass is 32.1. The number of nitrogens with one attached hydrogen (secondary N) is 1. The molecule has 3 nitrogen and oxygen atoms in total. The number of nitrogens with zero attached hydrogens (tertiary/aromatic N) is 1. The van der Waals surface area contributed by atoms with Gasteiger partial charge in [0.2, 0.25) is 5.88 Å². The van der Waals surface area contributed by atoms with E-state index in [-0.39, 0.29) is 5.41 Å². The van der Waals surface area contributed by atoms with Crippen LogP contribution in [0.2, 0.25) is 0 Å². The number of fused-ring (bicyclic) bond motifs is 6. The van der Waals surface area contributed by atoms with Crippen LogP contribution in [0, 0.1) is 6.92 Å². The van der Waals surface area contributed by atoms with Crippen LogP contribution in [-0.4, -0.2) is 12.4 Å². The molecule has 5 aromatic rings. The van der Waals surface area contributed by atoms with Crippen LogP contribution in [0.4, 0.5) is 5.88 Å². The second kappa shape index (κ2) is 6.44. The molecule has 3 heterocycles. The van der Waals surface area contributed by atoms with Gasteiger partial charge in [0, 0.05) is 25.9 Å². The molecule has 6 rings (SSSR count). The van der Waals surface area contributed by atoms with E-state index >= 15 is 0 Å². The molecule has 0 radical (unpaired) electrons. The number of rotatable bonds is 1. The van der Waals surface area contributed by atoms with Crippen LogP contribution >= 0.6 is 11.3 Å². The number of aryl methyl sites for hydroxylation is 1. The van der Waals surface area contributed by atoms with Crippen molar-refractivity contribution in [1.29, 1.82) is 0 Å². The topological polar surface area (TPSA) is 37.5 Å². The Hall–Kier alpha value is -3.11. The summed E-state index contributed by atoms with van der Waals surface area (Å²) < 4.78 is 7.63. The van der Waals surface area contributed by atoms with Crippen molar-refractivity contribution in [1.82, 2.24) is 0 Å². The van der Waals surface area contributed by atoms with Gasteiger partial charge in [-0.25, -0.2) is 0 Å². The van der Waals surface area contributed by atoms with Gasteiger partial charge in [-0.1, -0.05) is 45.0 Å². The van der Waals surface area contributed by atoms with Crippen molar-refractivity contribution in [2.45, 2.75) is 33.1 Å². The molecule has 0 unspecified atom stereocenters. The molecule has 0 bridgehead atoms. The number of furan rings is 1. The van der Waals surface area contributed by atoms with Crippen LogP contribution in [0.25, 0.3) is 31.8 Å². The van der Waals surface area contributed by atoms with Crippen LogP contribution in [0.1, 0.15) is 42.3 Å². The zero-order chi connectivity index (χ0) is 21.3. The van der Waals surface area contributed by atoms with Crippen molar-refractivity contribution in [3.05, 3.63) is 76.2 Å². The van der Waals surface area contributed by atoms with E-state index < -0.39 is 0 Å². The van der Waals surface area contributed by atoms with Gasteiger partial charge in [0.25, 0.3) is 0 Å². The third-order valence-corrected chi connectivity index (χ3v) is 7.15. The first-order chi connectivity index (χ1) is 14.9. The Kier molecular flexibility index (Phi) is 3.87. The lowest BCUT2D eigenvalue weighted by atomic mass is 9.81. The number of hydrogen-bond acceptors (Lipinski definition) is 4. The first-order valence-corrected chi connectivity index (χ1v) is 11.5. The monoisotopic (exact) mass is 424 g/mol. The van der Waals surface area contributed by atoms with Gasteiger partial charge in [0.1, 0.15) is 12.3 Å². The molecule has 154 valence electrons. The molecule has 0 aliphatic carbocycles. The maximum atomic E-state index is 6.37. The normalized spacial score (nSPS) is 14.1. The SMILES string of the molecule is Cc1cc2c(ccc3c4c(oc32)NCN=C4c2cc(C(C)(C)C)c3ccccc3c2)s1. The zero-order valence-corrected chi connectivity index (χ0v) is 19.0. The highest BCUT2D eigenvalue weighted by Crippen LogP contribution is 2.41. The maximum absolute atomic E-state index is 6.37. The molecule has 1 aliphatic heterocycles. The predicted octanol–water partition coefficient (Wildman–Crippen LogP) is 7.63. The molecule has 3 aromatic carbocycles. The van der Waals surface area contributed by atoms with Crippen LogP contribution in [0.3, 0.4) is 0 Å². The molecule has 0 fully saturated rings. The Bertz CT molecular complexity index is 1530. The third-order valence-electron chi connectivity index (χ3n) is 6.13. The fraction of sp³-hybridized carbons (Fsp3) is 0.222. The van der Waals surface area contributed by atoms with Gasteiger partial charge in [0.05, 0.1) is 11.3 Å². The maximum Gasteiger partial charge on any atom is 0.205 e.